The highest BCUT2D eigenvalue weighted by molar-refractivity contribution is 6.28. The first kappa shape index (κ1) is 19.5. The number of para-hydroxylation sites is 1. The van der Waals surface area contributed by atoms with Gasteiger partial charge in [-0.25, -0.2) is 4.99 Å². The Hall–Kier alpha value is -4.83. The van der Waals surface area contributed by atoms with Crippen LogP contribution in [0.4, 0.5) is 0 Å². The Bertz CT molecular complexity index is 1970. The third kappa shape index (κ3) is 2.78. The number of nitrogens with zero attached hydrogens (tertiary/aromatic N) is 1. The molecule has 2 N–H and O–H groups in total. The van der Waals surface area contributed by atoms with Crippen molar-refractivity contribution in [3.8, 4) is 11.1 Å². The molecule has 4 aromatic carbocycles. The maximum Gasteiger partial charge on any atom is 0.136 e. The summed E-state index contributed by atoms with van der Waals surface area (Å²) in [5, 5.41) is 8.10. The lowest BCUT2D eigenvalue weighted by Crippen LogP contribution is -2.34. The van der Waals surface area contributed by atoms with E-state index in [0.29, 0.717) is 0 Å². The Kier molecular flexibility index (Phi) is 3.97. The summed E-state index contributed by atoms with van der Waals surface area (Å²) in [6.45, 7) is 0. The van der Waals surface area contributed by atoms with Crippen LogP contribution in [0.25, 0.3) is 60.6 Å². The minimum absolute atomic E-state index is 0.114. The van der Waals surface area contributed by atoms with E-state index in [1.165, 1.54) is 21.9 Å². The monoisotopic (exact) mass is 463 g/mol. The van der Waals surface area contributed by atoms with E-state index in [0.717, 1.165) is 49.9 Å². The first-order valence-electron chi connectivity index (χ1n) is 12.2. The Morgan fingerprint density at radius 1 is 0.750 bits per heavy atom. The normalized spacial score (nSPS) is 16.9. The number of benzene rings is 4. The van der Waals surface area contributed by atoms with E-state index in [9.17, 15) is 0 Å². The molecule has 8 rings (SSSR count). The van der Waals surface area contributed by atoms with Gasteiger partial charge in [-0.1, -0.05) is 72.8 Å². The number of H-pyrrole nitrogens is 1. The van der Waals surface area contributed by atoms with E-state index in [2.05, 4.69) is 101 Å². The molecule has 0 fully saturated rings. The van der Waals surface area contributed by atoms with Crippen molar-refractivity contribution in [3.63, 3.8) is 0 Å². The molecule has 4 heteroatoms. The average molecular weight is 464 g/mol. The molecular weight excluding hydrogens is 442 g/mol. The predicted octanol–water partition coefficient (Wildman–Crippen LogP) is 7.72. The smallest absolute Gasteiger partial charge is 0.136 e. The van der Waals surface area contributed by atoms with Crippen molar-refractivity contribution in [2.75, 3.05) is 0 Å². The van der Waals surface area contributed by atoms with Crippen molar-refractivity contribution in [1.29, 1.82) is 0 Å². The molecule has 0 amide bonds. The summed E-state index contributed by atoms with van der Waals surface area (Å²) in [7, 11) is 0. The number of nitrogens with one attached hydrogen (secondary N) is 2. The summed E-state index contributed by atoms with van der Waals surface area (Å²) in [6, 6.07) is 27.7. The van der Waals surface area contributed by atoms with Gasteiger partial charge in [0.25, 0.3) is 0 Å². The summed E-state index contributed by atoms with van der Waals surface area (Å²) < 4.78 is 6.47. The molecule has 0 bridgehead atoms. The first-order valence-corrected chi connectivity index (χ1v) is 12.2. The van der Waals surface area contributed by atoms with Crippen molar-refractivity contribution in [2.45, 2.75) is 6.04 Å². The molecule has 0 saturated carbocycles. The standard InChI is InChI=1S/C32H21N3O/c1-2-8-19(9-3-1)20-14-15-28-23(16-20)30-29(36-28)17-22(27-18-33-25-12-6-7-13-26(25)34-27)32-31(30)21-10-4-5-11-24(21)35-32/h1-18,25,33,35H. The Morgan fingerprint density at radius 2 is 1.64 bits per heavy atom. The van der Waals surface area contributed by atoms with Crippen LogP contribution in [-0.2, 0) is 0 Å². The quantitative estimate of drug-likeness (QED) is 0.276. The molecule has 1 unspecified atom stereocenters. The molecule has 1 atom stereocenters. The second-order valence-electron chi connectivity index (χ2n) is 9.35. The highest BCUT2D eigenvalue weighted by Gasteiger charge is 2.23. The van der Waals surface area contributed by atoms with Crippen molar-refractivity contribution in [3.05, 3.63) is 115 Å². The molecule has 0 radical (unpaired) electrons. The van der Waals surface area contributed by atoms with E-state index in [4.69, 9.17) is 9.41 Å². The van der Waals surface area contributed by atoms with Crippen molar-refractivity contribution in [2.24, 2.45) is 4.99 Å². The second-order valence-corrected chi connectivity index (χ2v) is 9.35. The number of aromatic nitrogens is 1. The number of aliphatic imine (C=N–C) groups is 1. The van der Waals surface area contributed by atoms with Crippen LogP contribution in [0.15, 0.2) is 119 Å². The van der Waals surface area contributed by atoms with Gasteiger partial charge in [0.05, 0.1) is 23.0 Å². The van der Waals surface area contributed by atoms with Crippen LogP contribution < -0.4 is 5.32 Å². The predicted molar refractivity (Wildman–Crippen MR) is 149 cm³/mol. The fraction of sp³-hybridized carbons (Fsp3) is 0.0312. The molecule has 6 aromatic rings. The SMILES string of the molecule is C1=CC2=NC(c3cc4oc5ccc(-c6ccccc6)cc5c4c4c3[nH]c3ccccc34)=CNC2C=C1. The number of aromatic amines is 1. The molecule has 170 valence electrons. The van der Waals surface area contributed by atoms with Crippen LogP contribution in [-0.4, -0.2) is 16.7 Å². The fourth-order valence-corrected chi connectivity index (χ4v) is 5.55. The average Bonchev–Trinajstić information content (AvgIpc) is 3.50. The first-order chi connectivity index (χ1) is 17.8. The lowest BCUT2D eigenvalue weighted by atomic mass is 9.98. The third-order valence-electron chi connectivity index (χ3n) is 7.25. The van der Waals surface area contributed by atoms with Crippen LogP contribution in [0.5, 0.6) is 0 Å². The summed E-state index contributed by atoms with van der Waals surface area (Å²) in [5.74, 6) is 0. The van der Waals surface area contributed by atoms with E-state index >= 15 is 0 Å². The Balaban J connectivity index is 1.45. The van der Waals surface area contributed by atoms with Crippen molar-refractivity contribution in [1.82, 2.24) is 10.3 Å². The lowest BCUT2D eigenvalue weighted by Gasteiger charge is -2.22. The molecule has 4 nitrogen and oxygen atoms in total. The molecule has 1 aliphatic heterocycles. The molecule has 36 heavy (non-hydrogen) atoms. The van der Waals surface area contributed by atoms with Gasteiger partial charge in [0.2, 0.25) is 0 Å². The van der Waals surface area contributed by atoms with E-state index < -0.39 is 0 Å². The molecular formula is C32H21N3O. The number of furan rings is 1. The fourth-order valence-electron chi connectivity index (χ4n) is 5.55. The largest absolute Gasteiger partial charge is 0.456 e. The Labute approximate surface area is 207 Å². The molecule has 1 aliphatic carbocycles. The number of hydrogen-bond donors (Lipinski definition) is 2. The highest BCUT2D eigenvalue weighted by Crippen LogP contribution is 2.43. The topological polar surface area (TPSA) is 53.3 Å². The summed E-state index contributed by atoms with van der Waals surface area (Å²) in [6.07, 6.45) is 10.3. The van der Waals surface area contributed by atoms with Gasteiger partial charge in [0.15, 0.2) is 0 Å². The highest BCUT2D eigenvalue weighted by atomic mass is 16.3. The molecule has 0 saturated heterocycles. The summed E-state index contributed by atoms with van der Waals surface area (Å²) in [4.78, 5) is 8.72. The minimum atomic E-state index is 0.114. The maximum atomic E-state index is 6.47. The van der Waals surface area contributed by atoms with Gasteiger partial charge in [-0.3, -0.25) is 0 Å². The van der Waals surface area contributed by atoms with Gasteiger partial charge < -0.3 is 14.7 Å². The summed E-state index contributed by atoms with van der Waals surface area (Å²) in [5.41, 5.74) is 9.23. The van der Waals surface area contributed by atoms with Gasteiger partial charge >= 0.3 is 0 Å². The number of rotatable bonds is 2. The Morgan fingerprint density at radius 3 is 2.58 bits per heavy atom. The number of fused-ring (bicyclic) bond motifs is 8. The van der Waals surface area contributed by atoms with Crippen molar-refractivity contribution >= 4 is 55.2 Å². The molecule has 0 spiro atoms. The summed E-state index contributed by atoms with van der Waals surface area (Å²) >= 11 is 0. The van der Waals surface area contributed by atoms with E-state index in [1.807, 2.05) is 18.3 Å². The van der Waals surface area contributed by atoms with Crippen LogP contribution in [0, 0.1) is 0 Å². The number of allylic oxidation sites excluding steroid dienone is 2. The molecule has 3 heterocycles. The van der Waals surface area contributed by atoms with Gasteiger partial charge in [-0.15, -0.1) is 0 Å². The van der Waals surface area contributed by atoms with Gasteiger partial charge in [0, 0.05) is 38.8 Å². The van der Waals surface area contributed by atoms with Gasteiger partial charge in [0.1, 0.15) is 11.2 Å². The van der Waals surface area contributed by atoms with E-state index in [-0.39, 0.29) is 6.04 Å². The van der Waals surface area contributed by atoms with E-state index in [1.54, 1.807) is 0 Å². The number of hydrogen-bond acceptors (Lipinski definition) is 3. The zero-order valence-electron chi connectivity index (χ0n) is 19.3. The minimum Gasteiger partial charge on any atom is -0.456 e. The van der Waals surface area contributed by atoms with Crippen LogP contribution in [0.3, 0.4) is 0 Å². The van der Waals surface area contributed by atoms with Gasteiger partial charge in [-0.05, 0) is 41.5 Å². The zero-order chi connectivity index (χ0) is 23.6. The third-order valence-corrected chi connectivity index (χ3v) is 7.25. The van der Waals surface area contributed by atoms with Crippen LogP contribution >= 0.6 is 0 Å². The van der Waals surface area contributed by atoms with Crippen LogP contribution in [0.2, 0.25) is 0 Å². The second kappa shape index (κ2) is 7.33. The lowest BCUT2D eigenvalue weighted by molar-refractivity contribution is 0.669. The van der Waals surface area contributed by atoms with Crippen molar-refractivity contribution < 1.29 is 4.42 Å². The van der Waals surface area contributed by atoms with Crippen LogP contribution in [0.1, 0.15) is 5.56 Å². The zero-order valence-corrected chi connectivity index (χ0v) is 19.3. The molecule has 2 aliphatic rings. The maximum absolute atomic E-state index is 6.47. The molecule has 2 aromatic heterocycles. The van der Waals surface area contributed by atoms with Gasteiger partial charge in [-0.2, -0.15) is 0 Å².